The predicted molar refractivity (Wildman–Crippen MR) is 108 cm³/mol. The van der Waals surface area contributed by atoms with Gasteiger partial charge in [0.25, 0.3) is 5.56 Å². The molecule has 3 heterocycles. The summed E-state index contributed by atoms with van der Waals surface area (Å²) in [6.07, 6.45) is -3.20. The summed E-state index contributed by atoms with van der Waals surface area (Å²) in [4.78, 5) is 45.2. The first-order chi connectivity index (χ1) is 15.7. The number of halogens is 3. The number of nitrogens with zero attached hydrogens (tertiary/aromatic N) is 5. The third-order valence-corrected chi connectivity index (χ3v) is 5.20. The van der Waals surface area contributed by atoms with Gasteiger partial charge in [-0.05, 0) is 12.1 Å². The van der Waals surface area contributed by atoms with Gasteiger partial charge >= 0.3 is 11.9 Å². The lowest BCUT2D eigenvalue weighted by Crippen LogP contribution is -2.49. The molecule has 4 rings (SSSR count). The van der Waals surface area contributed by atoms with Crippen LogP contribution >= 0.6 is 0 Å². The summed E-state index contributed by atoms with van der Waals surface area (Å²) in [6.45, 7) is 1.94. The molecule has 1 aliphatic rings. The van der Waals surface area contributed by atoms with Crippen LogP contribution in [0.4, 0.5) is 13.2 Å². The van der Waals surface area contributed by atoms with Gasteiger partial charge in [0.2, 0.25) is 17.6 Å². The number of rotatable bonds is 5. The Morgan fingerprint density at radius 3 is 2.58 bits per heavy atom. The number of nitrogens with one attached hydrogen (secondary N) is 1. The van der Waals surface area contributed by atoms with Crippen LogP contribution in [0.15, 0.2) is 50.6 Å². The zero-order chi connectivity index (χ0) is 23.6. The zero-order valence-electron chi connectivity index (χ0n) is 17.2. The molecule has 0 saturated carbocycles. The highest BCUT2D eigenvalue weighted by atomic mass is 19.4. The smallest absolute Gasteiger partial charge is 0.339 e. The molecule has 1 saturated heterocycles. The van der Waals surface area contributed by atoms with E-state index in [-0.39, 0.29) is 36.3 Å². The van der Waals surface area contributed by atoms with Crippen molar-refractivity contribution < 1.29 is 22.5 Å². The van der Waals surface area contributed by atoms with Gasteiger partial charge in [-0.25, -0.2) is 4.79 Å². The lowest BCUT2D eigenvalue weighted by atomic mass is 10.1. The highest BCUT2D eigenvalue weighted by Crippen LogP contribution is 2.31. The van der Waals surface area contributed by atoms with Gasteiger partial charge in [0.1, 0.15) is 6.54 Å². The Hall–Kier alpha value is -3.74. The van der Waals surface area contributed by atoms with Gasteiger partial charge in [-0.15, -0.1) is 0 Å². The van der Waals surface area contributed by atoms with E-state index < -0.39 is 23.0 Å². The zero-order valence-corrected chi connectivity index (χ0v) is 17.2. The van der Waals surface area contributed by atoms with E-state index in [9.17, 15) is 27.6 Å². The summed E-state index contributed by atoms with van der Waals surface area (Å²) in [6, 6.07) is 5.86. The predicted octanol–water partition coefficient (Wildman–Crippen LogP) is 0.950. The van der Waals surface area contributed by atoms with Gasteiger partial charge in [0, 0.05) is 44.0 Å². The van der Waals surface area contributed by atoms with Gasteiger partial charge in [0.05, 0.1) is 12.1 Å². The third kappa shape index (κ3) is 5.37. The molecular weight excluding hydrogens is 445 g/mol. The van der Waals surface area contributed by atoms with E-state index in [1.165, 1.54) is 24.4 Å². The number of hydrogen-bond acceptors (Lipinski definition) is 7. The molecular formula is C20H19F3N6O4. The lowest BCUT2D eigenvalue weighted by molar-refractivity contribution is -0.137. The fourth-order valence-corrected chi connectivity index (χ4v) is 3.43. The van der Waals surface area contributed by atoms with E-state index in [0.717, 1.165) is 16.7 Å². The quantitative estimate of drug-likeness (QED) is 0.598. The fraction of sp³-hybridized carbons (Fsp3) is 0.350. The molecule has 1 aliphatic heterocycles. The van der Waals surface area contributed by atoms with Crippen molar-refractivity contribution in [1.82, 2.24) is 29.5 Å². The van der Waals surface area contributed by atoms with Crippen molar-refractivity contribution in [3.63, 3.8) is 0 Å². The second-order valence-electron chi connectivity index (χ2n) is 7.49. The van der Waals surface area contributed by atoms with Crippen LogP contribution in [0.5, 0.6) is 0 Å². The standard InChI is InChI=1S/C20H19F3N6O4/c21-20(22,23)14-3-1-2-13(10-14)18-25-16(33-26-18)11-27-6-8-28(9-7-27)17(31)12-29-5-4-15(30)24-19(29)32/h1-5,10H,6-9,11-12H2,(H,24,30,32). The molecule has 13 heteroatoms. The molecule has 33 heavy (non-hydrogen) atoms. The second-order valence-corrected chi connectivity index (χ2v) is 7.49. The number of aromatic nitrogens is 4. The number of piperazine rings is 1. The number of hydrogen-bond donors (Lipinski definition) is 1. The lowest BCUT2D eigenvalue weighted by Gasteiger charge is -2.34. The molecule has 1 aromatic carbocycles. The molecule has 1 amide bonds. The summed E-state index contributed by atoms with van der Waals surface area (Å²) in [5.41, 5.74) is -1.78. The van der Waals surface area contributed by atoms with Crippen LogP contribution in [-0.4, -0.2) is 61.6 Å². The monoisotopic (exact) mass is 464 g/mol. The molecule has 2 aromatic heterocycles. The minimum Gasteiger partial charge on any atom is -0.339 e. The molecule has 0 radical (unpaired) electrons. The molecule has 1 N–H and O–H groups in total. The maximum absolute atomic E-state index is 12.9. The van der Waals surface area contributed by atoms with Crippen molar-refractivity contribution in [2.75, 3.05) is 26.2 Å². The van der Waals surface area contributed by atoms with E-state index in [1.54, 1.807) is 4.90 Å². The van der Waals surface area contributed by atoms with Gasteiger partial charge in [-0.2, -0.15) is 18.2 Å². The Morgan fingerprint density at radius 2 is 1.88 bits per heavy atom. The van der Waals surface area contributed by atoms with Crippen LogP contribution in [0, 0.1) is 0 Å². The fourth-order valence-electron chi connectivity index (χ4n) is 3.43. The van der Waals surface area contributed by atoms with Crippen molar-refractivity contribution in [3.05, 3.63) is 68.8 Å². The first kappa shape index (κ1) is 22.5. The number of carbonyl (C=O) groups excluding carboxylic acids is 1. The van der Waals surface area contributed by atoms with Gasteiger partial charge < -0.3 is 9.42 Å². The first-order valence-corrected chi connectivity index (χ1v) is 9.99. The highest BCUT2D eigenvalue weighted by molar-refractivity contribution is 5.76. The number of benzene rings is 1. The normalized spacial score (nSPS) is 15.1. The van der Waals surface area contributed by atoms with Crippen LogP contribution < -0.4 is 11.2 Å². The molecule has 1 fully saturated rings. The molecule has 0 spiro atoms. The average Bonchev–Trinajstić information content (AvgIpc) is 3.24. The summed E-state index contributed by atoms with van der Waals surface area (Å²) < 4.78 is 45.1. The average molecular weight is 464 g/mol. The van der Waals surface area contributed by atoms with Crippen LogP contribution in [0.1, 0.15) is 11.5 Å². The highest BCUT2D eigenvalue weighted by Gasteiger charge is 2.31. The number of carbonyl (C=O) groups is 1. The largest absolute Gasteiger partial charge is 0.416 e. The van der Waals surface area contributed by atoms with E-state index in [4.69, 9.17) is 4.52 Å². The molecule has 0 bridgehead atoms. The Balaban J connectivity index is 1.33. The Bertz CT molecular complexity index is 1260. The summed E-state index contributed by atoms with van der Waals surface area (Å²) in [7, 11) is 0. The molecule has 174 valence electrons. The van der Waals surface area contributed by atoms with Crippen LogP contribution in [0.3, 0.4) is 0 Å². The second kappa shape index (κ2) is 9.02. The Kier molecular flexibility index (Phi) is 6.14. The number of amides is 1. The number of aromatic amines is 1. The molecule has 0 atom stereocenters. The minimum absolute atomic E-state index is 0.0660. The van der Waals surface area contributed by atoms with E-state index >= 15 is 0 Å². The molecule has 10 nitrogen and oxygen atoms in total. The van der Waals surface area contributed by atoms with Gasteiger partial charge in [0.15, 0.2) is 0 Å². The summed E-state index contributed by atoms with van der Waals surface area (Å²) in [5, 5.41) is 3.78. The molecule has 3 aromatic rings. The van der Waals surface area contributed by atoms with Gasteiger partial charge in [-0.3, -0.25) is 24.0 Å². The third-order valence-electron chi connectivity index (χ3n) is 5.20. The number of alkyl halides is 3. The minimum atomic E-state index is -4.47. The Morgan fingerprint density at radius 1 is 1.12 bits per heavy atom. The summed E-state index contributed by atoms with van der Waals surface area (Å²) >= 11 is 0. The van der Waals surface area contributed by atoms with Gasteiger partial charge in [-0.1, -0.05) is 17.3 Å². The van der Waals surface area contributed by atoms with E-state index in [1.807, 2.05) is 4.90 Å². The van der Waals surface area contributed by atoms with Crippen molar-refractivity contribution in [2.24, 2.45) is 0 Å². The van der Waals surface area contributed by atoms with Crippen molar-refractivity contribution in [1.29, 1.82) is 0 Å². The van der Waals surface area contributed by atoms with Crippen molar-refractivity contribution in [2.45, 2.75) is 19.3 Å². The first-order valence-electron chi connectivity index (χ1n) is 9.99. The number of H-pyrrole nitrogens is 1. The van der Waals surface area contributed by atoms with Crippen molar-refractivity contribution >= 4 is 5.91 Å². The maximum Gasteiger partial charge on any atom is 0.416 e. The summed E-state index contributed by atoms with van der Waals surface area (Å²) in [5.74, 6) is 0.0617. The topological polar surface area (TPSA) is 117 Å². The van der Waals surface area contributed by atoms with E-state index in [0.29, 0.717) is 26.2 Å². The van der Waals surface area contributed by atoms with Crippen LogP contribution in [-0.2, 0) is 24.1 Å². The molecule has 0 unspecified atom stereocenters. The molecule has 0 aliphatic carbocycles. The van der Waals surface area contributed by atoms with Crippen molar-refractivity contribution in [3.8, 4) is 11.4 Å². The Labute approximate surface area is 184 Å². The van der Waals surface area contributed by atoms with Crippen LogP contribution in [0.2, 0.25) is 0 Å². The van der Waals surface area contributed by atoms with Crippen LogP contribution in [0.25, 0.3) is 11.4 Å². The SMILES string of the molecule is O=C(Cn1ccc(=O)[nH]c1=O)N1CCN(Cc2nc(-c3cccc(C(F)(F)F)c3)no2)CC1. The maximum atomic E-state index is 12.9. The van der Waals surface area contributed by atoms with E-state index in [2.05, 4.69) is 15.1 Å².